The molecule has 3 unspecified atom stereocenters. The first-order valence-corrected chi connectivity index (χ1v) is 15.7. The maximum atomic E-state index is 13.5. The first-order valence-electron chi connectivity index (χ1n) is 14.1. The zero-order chi connectivity index (χ0) is 32.4. The summed E-state index contributed by atoms with van der Waals surface area (Å²) in [6, 6.07) is 12.9. The van der Waals surface area contributed by atoms with Gasteiger partial charge in [-0.25, -0.2) is 4.79 Å². The summed E-state index contributed by atoms with van der Waals surface area (Å²) < 4.78 is 17.9. The number of methoxy groups -OCH3 is 1. The Kier molecular flexibility index (Phi) is 13.2. The van der Waals surface area contributed by atoms with Crippen molar-refractivity contribution in [2.75, 3.05) is 13.7 Å². The van der Waals surface area contributed by atoms with Crippen LogP contribution in [0.4, 0.5) is 0 Å². The van der Waals surface area contributed by atoms with Gasteiger partial charge in [-0.05, 0) is 85.7 Å². The largest absolute Gasteiger partial charge is 0.504 e. The number of benzene rings is 3. The Morgan fingerprint density at radius 2 is 1.64 bits per heavy atom. The highest BCUT2D eigenvalue weighted by molar-refractivity contribution is 9.11. The second-order valence-electron chi connectivity index (χ2n) is 9.91. The molecule has 3 aromatic carbocycles. The maximum absolute atomic E-state index is 13.5. The van der Waals surface area contributed by atoms with Gasteiger partial charge in [0.05, 0.1) is 35.3 Å². The molecule has 2 amide bonds. The molecule has 12 heteroatoms. The van der Waals surface area contributed by atoms with Crippen LogP contribution in [0.15, 0.2) is 63.5 Å². The summed E-state index contributed by atoms with van der Waals surface area (Å²) in [5.41, 5.74) is 8.99. The number of hydrogen-bond acceptors (Lipinski definition) is 8. The van der Waals surface area contributed by atoms with Crippen molar-refractivity contribution >= 4 is 49.6 Å². The standard InChI is InChI=1S/C30H31Br2N3O7.C2H6/c1-16-8-18-11-22(33)28(37)35-24(15-41-14-17-6-4-3-5-7-17)29(38)34-23(30(39)40-2)12-19-9-20(31)27(21(32)10-19)42-25(13-18)26(16)36;1-2/h3-10,13,22-24,36H,11-12,14-15,33H2,1-2H3,(H,34,38)(H,35,37);1-2H3. The Bertz CT molecular complexity index is 1450. The average Bonchev–Trinajstić information content (AvgIpc) is 3.01. The molecule has 3 atom stereocenters. The third-order valence-electron chi connectivity index (χ3n) is 6.66. The fourth-order valence-corrected chi connectivity index (χ4v) is 5.92. The Balaban J connectivity index is 0.00000259. The molecular formula is C32H37Br2N3O7. The summed E-state index contributed by atoms with van der Waals surface area (Å²) in [5, 5.41) is 16.1. The molecule has 44 heavy (non-hydrogen) atoms. The van der Waals surface area contributed by atoms with Crippen LogP contribution in [-0.2, 0) is 43.3 Å². The molecule has 0 aromatic heterocycles. The first kappa shape index (κ1) is 35.0. The lowest BCUT2D eigenvalue weighted by atomic mass is 10.0. The zero-order valence-electron chi connectivity index (χ0n) is 25.0. The van der Waals surface area contributed by atoms with Gasteiger partial charge in [0.25, 0.3) is 0 Å². The molecule has 0 radical (unpaired) electrons. The number of rotatable bonds is 5. The summed E-state index contributed by atoms with van der Waals surface area (Å²) in [5.74, 6) is -1.41. The number of nitrogens with two attached hydrogens (primary N) is 1. The van der Waals surface area contributed by atoms with Crippen molar-refractivity contribution in [1.82, 2.24) is 10.6 Å². The molecule has 5 rings (SSSR count). The van der Waals surface area contributed by atoms with Gasteiger partial charge in [-0.2, -0.15) is 0 Å². The van der Waals surface area contributed by atoms with Crippen LogP contribution >= 0.6 is 31.9 Å². The van der Waals surface area contributed by atoms with Gasteiger partial charge in [0.2, 0.25) is 11.8 Å². The number of hydrogen-bond donors (Lipinski definition) is 4. The second-order valence-corrected chi connectivity index (χ2v) is 11.6. The Labute approximate surface area is 273 Å². The number of halogens is 2. The van der Waals surface area contributed by atoms with Crippen LogP contribution in [0, 0.1) is 6.92 Å². The number of carbonyl (C=O) groups excluding carboxylic acids is 3. The Morgan fingerprint density at radius 1 is 1.00 bits per heavy atom. The van der Waals surface area contributed by atoms with E-state index in [1.54, 1.807) is 31.2 Å². The zero-order valence-corrected chi connectivity index (χ0v) is 28.2. The van der Waals surface area contributed by atoms with E-state index in [4.69, 9.17) is 19.9 Å². The summed E-state index contributed by atoms with van der Waals surface area (Å²) in [7, 11) is 1.23. The van der Waals surface area contributed by atoms with Gasteiger partial charge in [0.1, 0.15) is 12.1 Å². The van der Waals surface area contributed by atoms with Gasteiger partial charge in [0.15, 0.2) is 17.2 Å². The lowest BCUT2D eigenvalue weighted by Crippen LogP contribution is -2.56. The van der Waals surface area contributed by atoms with Gasteiger partial charge in [0, 0.05) is 6.42 Å². The molecule has 2 aliphatic rings. The average molecular weight is 735 g/mol. The van der Waals surface area contributed by atoms with E-state index in [9.17, 15) is 19.5 Å². The van der Waals surface area contributed by atoms with Crippen LogP contribution < -0.4 is 21.1 Å². The number of carbonyl (C=O) groups is 3. The fraction of sp³-hybridized carbons (Fsp3) is 0.344. The highest BCUT2D eigenvalue weighted by Crippen LogP contribution is 2.42. The fourth-order valence-electron chi connectivity index (χ4n) is 4.47. The van der Waals surface area contributed by atoms with Crippen molar-refractivity contribution < 1.29 is 33.7 Å². The quantitative estimate of drug-likeness (QED) is 0.273. The third-order valence-corrected chi connectivity index (χ3v) is 7.84. The van der Waals surface area contributed by atoms with E-state index in [0.717, 1.165) is 5.56 Å². The highest BCUT2D eigenvalue weighted by Gasteiger charge is 2.30. The minimum atomic E-state index is -1.16. The number of aromatic hydroxyl groups is 1. The smallest absolute Gasteiger partial charge is 0.328 e. The molecule has 0 saturated carbocycles. The third kappa shape index (κ3) is 9.28. The minimum absolute atomic E-state index is 0.0613. The number of aryl methyl sites for hydroxylation is 1. The Morgan fingerprint density at radius 3 is 2.27 bits per heavy atom. The topological polar surface area (TPSA) is 149 Å². The maximum Gasteiger partial charge on any atom is 0.328 e. The first-order chi connectivity index (χ1) is 21.0. The summed E-state index contributed by atoms with van der Waals surface area (Å²) in [6.07, 6.45) is 0.162. The molecule has 2 heterocycles. The summed E-state index contributed by atoms with van der Waals surface area (Å²) in [6.45, 7) is 5.75. The van der Waals surface area contributed by atoms with Crippen LogP contribution in [-0.4, -0.2) is 54.7 Å². The van der Waals surface area contributed by atoms with Crippen LogP contribution in [0.25, 0.3) is 0 Å². The molecule has 10 nitrogen and oxygen atoms in total. The molecule has 236 valence electrons. The number of phenolic OH excluding ortho intramolecular Hbond substituents is 1. The Hall–Kier alpha value is -3.45. The number of esters is 1. The van der Waals surface area contributed by atoms with Crippen LogP contribution in [0.5, 0.6) is 17.2 Å². The van der Waals surface area contributed by atoms with Crippen molar-refractivity contribution in [3.05, 3.63) is 85.8 Å². The molecular weight excluding hydrogens is 698 g/mol. The number of nitrogens with one attached hydrogen (secondary N) is 2. The lowest BCUT2D eigenvalue weighted by Gasteiger charge is -2.24. The van der Waals surface area contributed by atoms with E-state index in [2.05, 4.69) is 42.5 Å². The van der Waals surface area contributed by atoms with Gasteiger partial charge < -0.3 is 35.7 Å². The van der Waals surface area contributed by atoms with Crippen molar-refractivity contribution in [2.24, 2.45) is 5.73 Å². The SMILES string of the molecule is CC.COC(=O)C1Cc2cc(Br)c(c(Br)c2)Oc2cc(cc(C)c2O)CC(N)C(=O)NC(COCc2ccccc2)C(=O)N1. The highest BCUT2D eigenvalue weighted by atomic mass is 79.9. The van der Waals surface area contributed by atoms with E-state index >= 15 is 0 Å². The number of fused-ring (bicyclic) bond motifs is 10. The normalized spacial score (nSPS) is 18.6. The molecule has 4 bridgehead atoms. The second kappa shape index (κ2) is 16.6. The van der Waals surface area contributed by atoms with Crippen molar-refractivity contribution in [1.29, 1.82) is 0 Å². The van der Waals surface area contributed by atoms with Crippen molar-refractivity contribution in [2.45, 2.75) is 58.3 Å². The minimum Gasteiger partial charge on any atom is -0.504 e. The molecule has 3 aromatic rings. The van der Waals surface area contributed by atoms with Gasteiger partial charge >= 0.3 is 5.97 Å². The molecule has 0 fully saturated rings. The summed E-state index contributed by atoms with van der Waals surface area (Å²) >= 11 is 7.02. The number of phenols is 1. The molecule has 2 aliphatic heterocycles. The molecule has 0 spiro atoms. The number of ether oxygens (including phenoxy) is 3. The predicted molar refractivity (Wildman–Crippen MR) is 173 cm³/mol. The lowest BCUT2D eigenvalue weighted by molar-refractivity contribution is -0.145. The molecule has 5 N–H and O–H groups in total. The summed E-state index contributed by atoms with van der Waals surface area (Å²) in [4.78, 5) is 39.4. The van der Waals surface area contributed by atoms with E-state index in [0.29, 0.717) is 31.4 Å². The van der Waals surface area contributed by atoms with E-state index < -0.39 is 35.9 Å². The van der Waals surface area contributed by atoms with Gasteiger partial charge in [-0.15, -0.1) is 0 Å². The molecule has 0 saturated heterocycles. The van der Waals surface area contributed by atoms with Crippen LogP contribution in [0.2, 0.25) is 0 Å². The monoisotopic (exact) mass is 733 g/mol. The van der Waals surface area contributed by atoms with Crippen LogP contribution in [0.3, 0.4) is 0 Å². The van der Waals surface area contributed by atoms with E-state index in [1.165, 1.54) is 7.11 Å². The van der Waals surface area contributed by atoms with E-state index in [-0.39, 0.29) is 37.6 Å². The van der Waals surface area contributed by atoms with Gasteiger partial charge in [-0.3, -0.25) is 9.59 Å². The predicted octanol–water partition coefficient (Wildman–Crippen LogP) is 4.83. The van der Waals surface area contributed by atoms with E-state index in [1.807, 2.05) is 44.2 Å². The van der Waals surface area contributed by atoms with Crippen molar-refractivity contribution in [3.8, 4) is 17.2 Å². The van der Waals surface area contributed by atoms with Crippen LogP contribution in [0.1, 0.15) is 36.1 Å². The number of amides is 2. The van der Waals surface area contributed by atoms with Gasteiger partial charge in [-0.1, -0.05) is 50.2 Å². The molecule has 0 aliphatic carbocycles. The van der Waals surface area contributed by atoms with Crippen molar-refractivity contribution in [3.63, 3.8) is 0 Å².